The molecule has 9 rings (SSSR count). The third kappa shape index (κ3) is 4.05. The second-order valence-electron chi connectivity index (χ2n) is 11.4. The average molecular weight is 574 g/mol. The summed E-state index contributed by atoms with van der Waals surface area (Å²) in [4.78, 5) is 9.49. The van der Waals surface area contributed by atoms with Crippen LogP contribution in [0.3, 0.4) is 0 Å². The second kappa shape index (κ2) is 10.3. The molecule has 0 radical (unpaired) electrons. The van der Waals surface area contributed by atoms with Gasteiger partial charge in [0.25, 0.3) is 0 Å². The molecule has 0 saturated heterocycles. The average Bonchev–Trinajstić information content (AvgIpc) is 3.45. The molecule has 3 heterocycles. The molecule has 210 valence electrons. The number of hydrogen-bond donors (Lipinski definition) is 0. The van der Waals surface area contributed by atoms with E-state index in [2.05, 4.69) is 144 Å². The highest BCUT2D eigenvalue weighted by Gasteiger charge is 2.18. The van der Waals surface area contributed by atoms with Gasteiger partial charge in [0.15, 0.2) is 0 Å². The van der Waals surface area contributed by atoms with E-state index in [0.717, 1.165) is 38.8 Å². The number of nitrogens with zero attached hydrogens (tertiary/aromatic N) is 3. The molecule has 3 heteroatoms. The lowest BCUT2D eigenvalue weighted by Gasteiger charge is -2.19. The molecule has 0 atom stereocenters. The maximum absolute atomic E-state index is 4.77. The van der Waals surface area contributed by atoms with Crippen molar-refractivity contribution >= 4 is 43.5 Å². The number of benzene rings is 6. The van der Waals surface area contributed by atoms with Crippen LogP contribution in [-0.2, 0) is 0 Å². The van der Waals surface area contributed by atoms with Gasteiger partial charge in [0.05, 0.1) is 28.4 Å². The number of pyridine rings is 2. The molecule has 0 bridgehead atoms. The molecule has 0 aliphatic rings. The van der Waals surface area contributed by atoms with Crippen LogP contribution in [0.2, 0.25) is 0 Å². The van der Waals surface area contributed by atoms with Crippen LogP contribution < -0.4 is 0 Å². The highest BCUT2D eigenvalue weighted by atomic mass is 15.0. The quantitative estimate of drug-likeness (QED) is 0.196. The Bertz CT molecular complexity index is 2480. The van der Waals surface area contributed by atoms with E-state index in [-0.39, 0.29) is 0 Å². The van der Waals surface area contributed by atoms with Crippen molar-refractivity contribution in [3.05, 3.63) is 164 Å². The van der Waals surface area contributed by atoms with E-state index in [9.17, 15) is 0 Å². The van der Waals surface area contributed by atoms with Crippen LogP contribution in [0.25, 0.3) is 82.5 Å². The van der Waals surface area contributed by atoms with E-state index in [0.29, 0.717) is 0 Å². The number of fused-ring (bicyclic) bond motifs is 5. The van der Waals surface area contributed by atoms with E-state index in [1.165, 1.54) is 43.8 Å². The zero-order valence-electron chi connectivity index (χ0n) is 24.4. The first-order valence-electron chi connectivity index (χ1n) is 15.2. The number of aromatic nitrogens is 3. The van der Waals surface area contributed by atoms with Crippen LogP contribution in [-0.4, -0.2) is 14.5 Å². The van der Waals surface area contributed by atoms with Gasteiger partial charge in [0.2, 0.25) is 0 Å². The van der Waals surface area contributed by atoms with Gasteiger partial charge in [-0.2, -0.15) is 0 Å². The van der Waals surface area contributed by atoms with Gasteiger partial charge in [-0.3, -0.25) is 9.97 Å². The fraction of sp³-hybridized carbons (Fsp3) is 0. The monoisotopic (exact) mass is 573 g/mol. The summed E-state index contributed by atoms with van der Waals surface area (Å²) in [6.45, 7) is 0. The summed E-state index contributed by atoms with van der Waals surface area (Å²) < 4.78 is 2.27. The SMILES string of the molecule is c1ccc(-c2c3ccccc3c(-c3ccccc3)c3cc(-c4cncc(-n5c6ccccc6c6ncccc65)c4)ccc23)cc1. The molecule has 0 spiro atoms. The molecule has 0 unspecified atom stereocenters. The summed E-state index contributed by atoms with van der Waals surface area (Å²) in [5, 5.41) is 6.10. The third-order valence-corrected chi connectivity index (χ3v) is 8.89. The molecular formula is C42H27N3. The van der Waals surface area contributed by atoms with Crippen LogP contribution in [0.1, 0.15) is 0 Å². The predicted molar refractivity (Wildman–Crippen MR) is 188 cm³/mol. The fourth-order valence-electron chi connectivity index (χ4n) is 6.96. The minimum Gasteiger partial charge on any atom is -0.306 e. The zero-order chi connectivity index (χ0) is 29.7. The topological polar surface area (TPSA) is 30.7 Å². The van der Waals surface area contributed by atoms with Crippen molar-refractivity contribution in [3.63, 3.8) is 0 Å². The lowest BCUT2D eigenvalue weighted by atomic mass is 9.85. The van der Waals surface area contributed by atoms with Gasteiger partial charge >= 0.3 is 0 Å². The van der Waals surface area contributed by atoms with Crippen molar-refractivity contribution in [2.24, 2.45) is 0 Å². The maximum Gasteiger partial charge on any atom is 0.0963 e. The van der Waals surface area contributed by atoms with Crippen molar-refractivity contribution in [2.75, 3.05) is 0 Å². The van der Waals surface area contributed by atoms with Gasteiger partial charge in [-0.15, -0.1) is 0 Å². The van der Waals surface area contributed by atoms with Crippen molar-refractivity contribution in [1.82, 2.24) is 14.5 Å². The zero-order valence-corrected chi connectivity index (χ0v) is 24.4. The Balaban J connectivity index is 1.32. The number of hydrogen-bond acceptors (Lipinski definition) is 2. The first-order chi connectivity index (χ1) is 22.3. The standard InChI is InChI=1S/C42H27N3/c1-3-12-28(13-4-1)40-33-16-7-8-17-34(33)41(29-14-5-2-6-15-29)37-25-30(21-22-35(37)40)31-24-32(27-43-26-31)45-38-19-10-9-18-36(38)42-39(45)20-11-23-44-42/h1-27H. The van der Waals surface area contributed by atoms with Crippen LogP contribution in [0, 0.1) is 0 Å². The minimum atomic E-state index is 0.997. The summed E-state index contributed by atoms with van der Waals surface area (Å²) in [6, 6.07) is 52.0. The van der Waals surface area contributed by atoms with Crippen LogP contribution in [0.4, 0.5) is 0 Å². The molecule has 45 heavy (non-hydrogen) atoms. The molecule has 0 amide bonds. The Morgan fingerprint density at radius 2 is 1.00 bits per heavy atom. The van der Waals surface area contributed by atoms with E-state index < -0.39 is 0 Å². The first kappa shape index (κ1) is 25.4. The molecule has 0 aliphatic carbocycles. The Labute approximate surface area is 260 Å². The van der Waals surface area contributed by atoms with Crippen molar-refractivity contribution < 1.29 is 0 Å². The maximum atomic E-state index is 4.77. The van der Waals surface area contributed by atoms with Crippen LogP contribution >= 0.6 is 0 Å². The molecule has 0 fully saturated rings. The van der Waals surface area contributed by atoms with E-state index >= 15 is 0 Å². The van der Waals surface area contributed by atoms with Gasteiger partial charge < -0.3 is 4.57 Å². The Morgan fingerprint density at radius 1 is 0.400 bits per heavy atom. The predicted octanol–water partition coefficient (Wildman–Crippen LogP) is 10.9. The smallest absolute Gasteiger partial charge is 0.0963 e. The van der Waals surface area contributed by atoms with Crippen LogP contribution in [0.15, 0.2) is 164 Å². The van der Waals surface area contributed by atoms with Crippen molar-refractivity contribution in [3.8, 4) is 39.1 Å². The van der Waals surface area contributed by atoms with E-state index in [1.807, 2.05) is 24.7 Å². The molecule has 3 aromatic heterocycles. The Kier molecular flexibility index (Phi) is 5.82. The lowest BCUT2D eigenvalue weighted by molar-refractivity contribution is 1.14. The van der Waals surface area contributed by atoms with Crippen molar-refractivity contribution in [1.29, 1.82) is 0 Å². The molecule has 6 aromatic carbocycles. The molecule has 0 aliphatic heterocycles. The van der Waals surface area contributed by atoms with E-state index in [1.54, 1.807) is 0 Å². The number of rotatable bonds is 4. The van der Waals surface area contributed by atoms with Gasteiger partial charge in [-0.25, -0.2) is 0 Å². The Morgan fingerprint density at radius 3 is 1.73 bits per heavy atom. The van der Waals surface area contributed by atoms with Gasteiger partial charge in [0, 0.05) is 23.3 Å². The summed E-state index contributed by atoms with van der Waals surface area (Å²) in [6.07, 6.45) is 5.78. The normalized spacial score (nSPS) is 11.6. The van der Waals surface area contributed by atoms with Gasteiger partial charge in [0.1, 0.15) is 0 Å². The molecular weight excluding hydrogens is 546 g/mol. The summed E-state index contributed by atoms with van der Waals surface area (Å²) in [7, 11) is 0. The summed E-state index contributed by atoms with van der Waals surface area (Å²) >= 11 is 0. The second-order valence-corrected chi connectivity index (χ2v) is 11.4. The first-order valence-corrected chi connectivity index (χ1v) is 15.2. The van der Waals surface area contributed by atoms with E-state index in [4.69, 9.17) is 9.97 Å². The molecule has 3 nitrogen and oxygen atoms in total. The fourth-order valence-corrected chi connectivity index (χ4v) is 6.96. The number of para-hydroxylation sites is 1. The molecule has 0 N–H and O–H groups in total. The lowest BCUT2D eigenvalue weighted by Crippen LogP contribution is -1.96. The third-order valence-electron chi connectivity index (χ3n) is 8.89. The highest BCUT2D eigenvalue weighted by molar-refractivity contribution is 6.22. The minimum absolute atomic E-state index is 0.997. The molecule has 9 aromatic rings. The van der Waals surface area contributed by atoms with Crippen LogP contribution in [0.5, 0.6) is 0 Å². The highest BCUT2D eigenvalue weighted by Crippen LogP contribution is 2.44. The molecule has 0 saturated carbocycles. The summed E-state index contributed by atoms with van der Waals surface area (Å²) in [5.41, 5.74) is 11.3. The van der Waals surface area contributed by atoms with Crippen molar-refractivity contribution in [2.45, 2.75) is 0 Å². The van der Waals surface area contributed by atoms with Gasteiger partial charge in [-0.05, 0) is 79.7 Å². The largest absolute Gasteiger partial charge is 0.306 e. The summed E-state index contributed by atoms with van der Waals surface area (Å²) in [5.74, 6) is 0. The van der Waals surface area contributed by atoms with Gasteiger partial charge in [-0.1, -0.05) is 115 Å². The Hall–Kier alpha value is -6.06.